The van der Waals surface area contributed by atoms with Crippen LogP contribution in [0.25, 0.3) is 5.70 Å². The van der Waals surface area contributed by atoms with Crippen LogP contribution in [0.1, 0.15) is 0 Å². The molecule has 2 heterocycles. The van der Waals surface area contributed by atoms with E-state index in [-0.39, 0.29) is 0 Å². The summed E-state index contributed by atoms with van der Waals surface area (Å²) in [7, 11) is 3.74. The highest BCUT2D eigenvalue weighted by atomic mass is 15.1. The van der Waals surface area contributed by atoms with E-state index >= 15 is 0 Å². The number of nitriles is 2. The molecule has 7 heteroatoms. The standard InChI is InChI=1S/C8H10N4.C5H5N3/c1-11(2)6-8(5-9)12-4-3-10-7-12;6-1-3-8-4-2-7-5-8/h3-4,6-7H,1-2H3;2,4-5H,3H2/b8-6+;. The van der Waals surface area contributed by atoms with Crippen LogP contribution in [-0.4, -0.2) is 38.1 Å². The molecule has 0 saturated carbocycles. The average Bonchev–Trinajstić information content (AvgIpc) is 3.09. The van der Waals surface area contributed by atoms with Crippen molar-refractivity contribution in [1.29, 1.82) is 10.5 Å². The van der Waals surface area contributed by atoms with E-state index in [2.05, 4.69) is 16.0 Å². The third-order valence-corrected chi connectivity index (χ3v) is 2.09. The predicted molar refractivity (Wildman–Crippen MR) is 73.6 cm³/mol. The molecular weight excluding hydrogens is 254 g/mol. The van der Waals surface area contributed by atoms with Crippen LogP contribution in [-0.2, 0) is 6.54 Å². The molecule has 0 fully saturated rings. The van der Waals surface area contributed by atoms with Crippen molar-refractivity contribution in [3.8, 4) is 12.1 Å². The van der Waals surface area contributed by atoms with Gasteiger partial charge in [0.1, 0.15) is 18.3 Å². The molecule has 0 unspecified atom stereocenters. The maximum absolute atomic E-state index is 8.75. The Kier molecular flexibility index (Phi) is 6.09. The first-order chi connectivity index (χ1) is 9.67. The molecule has 2 aromatic rings. The maximum Gasteiger partial charge on any atom is 0.141 e. The molecule has 0 amide bonds. The molecule has 0 saturated heterocycles. The first-order valence-electron chi connectivity index (χ1n) is 5.76. The van der Waals surface area contributed by atoms with Crippen LogP contribution in [0.3, 0.4) is 0 Å². The molecule has 20 heavy (non-hydrogen) atoms. The summed E-state index contributed by atoms with van der Waals surface area (Å²) in [6.07, 6.45) is 11.7. The van der Waals surface area contributed by atoms with E-state index in [0.717, 1.165) is 0 Å². The van der Waals surface area contributed by atoms with Crippen LogP contribution >= 0.6 is 0 Å². The van der Waals surface area contributed by atoms with Crippen molar-refractivity contribution in [2.45, 2.75) is 6.54 Å². The van der Waals surface area contributed by atoms with Crippen molar-refractivity contribution < 1.29 is 0 Å². The maximum atomic E-state index is 8.75. The lowest BCUT2D eigenvalue weighted by molar-refractivity contribution is 0.563. The Bertz CT molecular complexity index is 594. The molecule has 0 radical (unpaired) electrons. The highest BCUT2D eigenvalue weighted by molar-refractivity contribution is 5.59. The highest BCUT2D eigenvalue weighted by Crippen LogP contribution is 2.01. The second kappa shape index (κ2) is 8.11. The number of nitrogens with zero attached hydrogens (tertiary/aromatic N) is 7. The van der Waals surface area contributed by atoms with Gasteiger partial charge in [-0.15, -0.1) is 0 Å². The Labute approximate surface area is 117 Å². The number of imidazole rings is 2. The van der Waals surface area contributed by atoms with E-state index in [1.807, 2.05) is 25.1 Å². The Morgan fingerprint density at radius 2 is 1.90 bits per heavy atom. The number of hydrogen-bond donors (Lipinski definition) is 0. The highest BCUT2D eigenvalue weighted by Gasteiger charge is 1.96. The summed E-state index contributed by atoms with van der Waals surface area (Å²) in [5, 5.41) is 16.9. The van der Waals surface area contributed by atoms with Crippen molar-refractivity contribution in [3.63, 3.8) is 0 Å². The largest absolute Gasteiger partial charge is 0.381 e. The van der Waals surface area contributed by atoms with E-state index in [0.29, 0.717) is 12.2 Å². The summed E-state index contributed by atoms with van der Waals surface area (Å²) in [5.74, 6) is 0. The SMILES string of the molecule is CN(C)/C=C(\C#N)n1ccnc1.N#CCn1ccnc1. The molecule has 0 bridgehead atoms. The first kappa shape index (κ1) is 15.0. The van der Waals surface area contributed by atoms with Crippen LogP contribution in [0.4, 0.5) is 0 Å². The second-order valence-corrected chi connectivity index (χ2v) is 3.95. The fraction of sp³-hybridized carbons (Fsp3) is 0.231. The van der Waals surface area contributed by atoms with Gasteiger partial charge in [-0.2, -0.15) is 10.5 Å². The molecule has 0 N–H and O–H groups in total. The summed E-state index contributed by atoms with van der Waals surface area (Å²) < 4.78 is 3.38. The minimum atomic E-state index is 0.389. The van der Waals surface area contributed by atoms with Crippen LogP contribution < -0.4 is 0 Å². The third-order valence-electron chi connectivity index (χ3n) is 2.09. The van der Waals surface area contributed by atoms with Crippen molar-refractivity contribution in [2.24, 2.45) is 0 Å². The van der Waals surface area contributed by atoms with Crippen LogP contribution in [0.15, 0.2) is 43.6 Å². The molecule has 2 rings (SSSR count). The molecule has 2 aromatic heterocycles. The minimum absolute atomic E-state index is 0.389. The van der Waals surface area contributed by atoms with E-state index in [9.17, 15) is 0 Å². The van der Waals surface area contributed by atoms with E-state index < -0.39 is 0 Å². The third kappa shape index (κ3) is 5.07. The molecular formula is C13H15N7. The summed E-state index contributed by atoms with van der Waals surface area (Å²) in [6.45, 7) is 0.389. The number of aromatic nitrogens is 4. The zero-order valence-electron chi connectivity index (χ0n) is 11.4. The molecule has 0 aliphatic rings. The summed E-state index contributed by atoms with van der Waals surface area (Å²) in [4.78, 5) is 9.42. The number of rotatable bonds is 3. The van der Waals surface area contributed by atoms with Gasteiger partial charge in [-0.05, 0) is 0 Å². The molecule has 0 spiro atoms. The molecule has 102 valence electrons. The summed E-state index contributed by atoms with van der Waals surface area (Å²) >= 11 is 0. The monoisotopic (exact) mass is 269 g/mol. The number of allylic oxidation sites excluding steroid dienone is 1. The summed E-state index contributed by atoms with van der Waals surface area (Å²) in [6, 6.07) is 4.07. The lowest BCUT2D eigenvalue weighted by atomic mass is 10.5. The molecule has 7 nitrogen and oxygen atoms in total. The topological polar surface area (TPSA) is 86.5 Å². The molecule has 0 aromatic carbocycles. The van der Waals surface area contributed by atoms with Gasteiger partial charge in [0, 0.05) is 45.1 Å². The van der Waals surface area contributed by atoms with E-state index in [1.54, 1.807) is 52.8 Å². The van der Waals surface area contributed by atoms with Gasteiger partial charge >= 0.3 is 0 Å². The fourth-order valence-corrected chi connectivity index (χ4v) is 1.26. The molecule has 0 atom stereocenters. The van der Waals surface area contributed by atoms with Gasteiger partial charge in [-0.25, -0.2) is 9.97 Å². The molecule has 0 aliphatic heterocycles. The Hall–Kier alpha value is -3.06. The smallest absolute Gasteiger partial charge is 0.141 e. The van der Waals surface area contributed by atoms with Gasteiger partial charge in [0.25, 0.3) is 0 Å². The van der Waals surface area contributed by atoms with Gasteiger partial charge < -0.3 is 9.47 Å². The fourth-order valence-electron chi connectivity index (χ4n) is 1.26. The van der Waals surface area contributed by atoms with Gasteiger partial charge in [0.2, 0.25) is 0 Å². The second-order valence-electron chi connectivity index (χ2n) is 3.95. The lowest BCUT2D eigenvalue weighted by Crippen LogP contribution is -2.04. The van der Waals surface area contributed by atoms with Crippen molar-refractivity contribution in [2.75, 3.05) is 14.1 Å². The van der Waals surface area contributed by atoms with E-state index in [1.165, 1.54) is 0 Å². The Morgan fingerprint density at radius 1 is 1.20 bits per heavy atom. The number of hydrogen-bond acceptors (Lipinski definition) is 5. The average molecular weight is 269 g/mol. The zero-order chi connectivity index (χ0) is 14.8. The predicted octanol–water partition coefficient (Wildman–Crippen LogP) is 1.17. The van der Waals surface area contributed by atoms with Gasteiger partial charge in [-0.1, -0.05) is 0 Å². The normalized spacial score (nSPS) is 9.90. The molecule has 0 aliphatic carbocycles. The van der Waals surface area contributed by atoms with Gasteiger partial charge in [-0.3, -0.25) is 4.57 Å². The lowest BCUT2D eigenvalue weighted by Gasteiger charge is -2.05. The van der Waals surface area contributed by atoms with Crippen molar-refractivity contribution in [3.05, 3.63) is 43.6 Å². The van der Waals surface area contributed by atoms with Gasteiger partial charge in [0.15, 0.2) is 0 Å². The van der Waals surface area contributed by atoms with Crippen LogP contribution in [0.5, 0.6) is 0 Å². The minimum Gasteiger partial charge on any atom is -0.381 e. The first-order valence-corrected chi connectivity index (χ1v) is 5.76. The van der Waals surface area contributed by atoms with Crippen molar-refractivity contribution in [1.82, 2.24) is 24.0 Å². The van der Waals surface area contributed by atoms with E-state index in [4.69, 9.17) is 10.5 Å². The van der Waals surface area contributed by atoms with Crippen molar-refractivity contribution >= 4 is 5.70 Å². The Morgan fingerprint density at radius 3 is 2.35 bits per heavy atom. The quantitative estimate of drug-likeness (QED) is 0.781. The Balaban J connectivity index is 0.000000217. The van der Waals surface area contributed by atoms with Gasteiger partial charge in [0.05, 0.1) is 18.7 Å². The summed E-state index contributed by atoms with van der Waals surface area (Å²) in [5.41, 5.74) is 0.553. The van der Waals surface area contributed by atoms with Crippen LogP contribution in [0.2, 0.25) is 0 Å². The zero-order valence-corrected chi connectivity index (χ0v) is 11.4. The van der Waals surface area contributed by atoms with Crippen LogP contribution in [0, 0.1) is 22.7 Å².